The number of benzene rings is 2. The second-order valence-corrected chi connectivity index (χ2v) is 6.60. The van der Waals surface area contributed by atoms with Gasteiger partial charge < -0.3 is 10.6 Å². The fourth-order valence-electron chi connectivity index (χ4n) is 2.24. The number of hydrogen-bond donors (Lipinski definition) is 1. The highest BCUT2D eigenvalue weighted by molar-refractivity contribution is 9.10. The summed E-state index contributed by atoms with van der Waals surface area (Å²) in [5.74, 6) is 0. The van der Waals surface area contributed by atoms with Gasteiger partial charge in [-0.3, -0.25) is 0 Å². The fraction of sp³-hybridized carbons (Fsp3) is 0.188. The van der Waals surface area contributed by atoms with Crippen molar-refractivity contribution in [2.24, 2.45) is 5.73 Å². The van der Waals surface area contributed by atoms with Gasteiger partial charge in [-0.25, -0.2) is 0 Å². The van der Waals surface area contributed by atoms with Crippen molar-refractivity contribution < 1.29 is 0 Å². The van der Waals surface area contributed by atoms with Crippen LogP contribution in [0.25, 0.3) is 0 Å². The maximum absolute atomic E-state index is 6.29. The highest BCUT2D eigenvalue weighted by atomic mass is 79.9. The average Bonchev–Trinajstić information content (AvgIpc) is 2.46. The lowest BCUT2D eigenvalue weighted by atomic mass is 10.0. The quantitative estimate of drug-likeness (QED) is 0.759. The van der Waals surface area contributed by atoms with Crippen LogP contribution in [0.4, 0.5) is 5.69 Å². The summed E-state index contributed by atoms with van der Waals surface area (Å²) in [5.41, 5.74) is 8.75. The van der Waals surface area contributed by atoms with E-state index in [-0.39, 0.29) is 6.04 Å². The van der Waals surface area contributed by atoms with Gasteiger partial charge in [-0.1, -0.05) is 57.9 Å². The molecule has 0 heterocycles. The molecule has 0 aliphatic rings. The van der Waals surface area contributed by atoms with Crippen LogP contribution in [-0.2, 0) is 0 Å². The molecule has 21 heavy (non-hydrogen) atoms. The highest BCUT2D eigenvalue weighted by Gasteiger charge is 2.18. The molecule has 0 spiro atoms. The van der Waals surface area contributed by atoms with Crippen LogP contribution in [0.5, 0.6) is 0 Å². The van der Waals surface area contributed by atoms with Gasteiger partial charge in [0.05, 0.1) is 6.04 Å². The molecule has 2 aromatic rings. The SMILES string of the molecule is CC(c1ccccc1Cl)N(C)c1ccc(Br)cc1C(N)=S. The molecule has 5 heteroatoms. The van der Waals surface area contributed by atoms with Gasteiger partial charge in [0, 0.05) is 27.8 Å². The zero-order chi connectivity index (χ0) is 15.6. The maximum atomic E-state index is 6.29. The van der Waals surface area contributed by atoms with E-state index in [9.17, 15) is 0 Å². The molecule has 1 atom stereocenters. The first-order valence-corrected chi connectivity index (χ1v) is 8.06. The van der Waals surface area contributed by atoms with Gasteiger partial charge in [-0.05, 0) is 36.8 Å². The lowest BCUT2D eigenvalue weighted by Crippen LogP contribution is -2.25. The second kappa shape index (κ2) is 6.77. The monoisotopic (exact) mass is 382 g/mol. The summed E-state index contributed by atoms with van der Waals surface area (Å²) in [4.78, 5) is 2.51. The Hall–Kier alpha value is -1.10. The minimum Gasteiger partial charge on any atom is -0.389 e. The first kappa shape index (κ1) is 16.3. The Bertz CT molecular complexity index is 675. The van der Waals surface area contributed by atoms with Crippen molar-refractivity contribution in [3.8, 4) is 0 Å². The Morgan fingerprint density at radius 2 is 1.95 bits per heavy atom. The van der Waals surface area contributed by atoms with E-state index in [1.54, 1.807) is 0 Å². The van der Waals surface area contributed by atoms with Gasteiger partial charge in [-0.2, -0.15) is 0 Å². The predicted molar refractivity (Wildman–Crippen MR) is 98.3 cm³/mol. The van der Waals surface area contributed by atoms with Crippen LogP contribution < -0.4 is 10.6 Å². The van der Waals surface area contributed by atoms with Crippen LogP contribution in [0.3, 0.4) is 0 Å². The zero-order valence-electron chi connectivity index (χ0n) is 11.8. The van der Waals surface area contributed by atoms with Crippen LogP contribution in [0.1, 0.15) is 24.1 Å². The lowest BCUT2D eigenvalue weighted by Gasteiger charge is -2.30. The number of hydrogen-bond acceptors (Lipinski definition) is 2. The minimum atomic E-state index is 0.105. The molecule has 0 radical (unpaired) electrons. The first-order valence-electron chi connectivity index (χ1n) is 6.48. The number of nitrogens with zero attached hydrogens (tertiary/aromatic N) is 1. The molecule has 0 saturated carbocycles. The summed E-state index contributed by atoms with van der Waals surface area (Å²) in [6, 6.07) is 13.9. The zero-order valence-corrected chi connectivity index (χ0v) is 15.0. The summed E-state index contributed by atoms with van der Waals surface area (Å²) in [6.07, 6.45) is 0. The van der Waals surface area contributed by atoms with Gasteiger partial charge in [0.1, 0.15) is 4.99 Å². The van der Waals surface area contributed by atoms with Gasteiger partial charge >= 0.3 is 0 Å². The molecule has 0 amide bonds. The summed E-state index contributed by atoms with van der Waals surface area (Å²) < 4.78 is 0.952. The van der Waals surface area contributed by atoms with E-state index < -0.39 is 0 Å². The molecule has 2 N–H and O–H groups in total. The van der Waals surface area contributed by atoms with E-state index in [1.807, 2.05) is 49.5 Å². The van der Waals surface area contributed by atoms with Gasteiger partial charge in [0.2, 0.25) is 0 Å². The summed E-state index contributed by atoms with van der Waals surface area (Å²) in [5, 5.41) is 0.755. The third kappa shape index (κ3) is 3.57. The molecule has 0 aliphatic carbocycles. The standard InChI is InChI=1S/C16H16BrClN2S/c1-10(12-5-3-4-6-14(12)18)20(2)15-8-7-11(17)9-13(15)16(19)21/h3-10H,1-2H3,(H2,19,21). The largest absolute Gasteiger partial charge is 0.389 e. The Morgan fingerprint density at radius 3 is 2.57 bits per heavy atom. The highest BCUT2D eigenvalue weighted by Crippen LogP contribution is 2.32. The van der Waals surface area contributed by atoms with E-state index in [1.165, 1.54) is 0 Å². The lowest BCUT2D eigenvalue weighted by molar-refractivity contribution is 0.739. The third-order valence-corrected chi connectivity index (χ3v) is 4.60. The van der Waals surface area contributed by atoms with Crippen molar-refractivity contribution in [1.29, 1.82) is 0 Å². The number of nitrogens with two attached hydrogens (primary N) is 1. The maximum Gasteiger partial charge on any atom is 0.106 e. The predicted octanol–water partition coefficient (Wildman–Crippen LogP) is 4.93. The first-order chi connectivity index (χ1) is 9.91. The summed E-state index contributed by atoms with van der Waals surface area (Å²) in [6.45, 7) is 2.10. The molecule has 0 aromatic heterocycles. The Labute approximate surface area is 144 Å². The summed E-state index contributed by atoms with van der Waals surface area (Å²) in [7, 11) is 2.01. The van der Waals surface area contributed by atoms with E-state index in [2.05, 4.69) is 27.8 Å². The number of thiocarbonyl (C=S) groups is 1. The Balaban J connectivity index is 2.43. The molecule has 0 saturated heterocycles. The number of rotatable bonds is 4. The molecular formula is C16H16BrClN2S. The van der Waals surface area contributed by atoms with Crippen molar-refractivity contribution in [2.75, 3.05) is 11.9 Å². The minimum absolute atomic E-state index is 0.105. The molecule has 110 valence electrons. The van der Waals surface area contributed by atoms with Crippen molar-refractivity contribution in [1.82, 2.24) is 0 Å². The van der Waals surface area contributed by atoms with Crippen LogP contribution in [0, 0.1) is 0 Å². The van der Waals surface area contributed by atoms with Crippen molar-refractivity contribution in [2.45, 2.75) is 13.0 Å². The smallest absolute Gasteiger partial charge is 0.106 e. The van der Waals surface area contributed by atoms with Crippen LogP contribution >= 0.6 is 39.7 Å². The summed E-state index contributed by atoms with van der Waals surface area (Å²) >= 11 is 14.9. The van der Waals surface area contributed by atoms with Gasteiger partial charge in [-0.15, -0.1) is 0 Å². The molecule has 2 nitrogen and oxygen atoms in total. The Morgan fingerprint density at radius 1 is 1.29 bits per heavy atom. The van der Waals surface area contributed by atoms with E-state index in [0.29, 0.717) is 4.99 Å². The molecule has 2 rings (SSSR count). The fourth-order valence-corrected chi connectivity index (χ4v) is 3.06. The topological polar surface area (TPSA) is 29.3 Å². The second-order valence-electron chi connectivity index (χ2n) is 4.83. The third-order valence-electron chi connectivity index (χ3n) is 3.54. The number of anilines is 1. The molecule has 2 aromatic carbocycles. The Kier molecular flexibility index (Phi) is 5.25. The van der Waals surface area contributed by atoms with Crippen LogP contribution in [0.2, 0.25) is 5.02 Å². The molecule has 0 aliphatic heterocycles. The van der Waals surface area contributed by atoms with E-state index >= 15 is 0 Å². The van der Waals surface area contributed by atoms with Crippen LogP contribution in [0.15, 0.2) is 46.9 Å². The van der Waals surface area contributed by atoms with E-state index in [4.69, 9.17) is 29.6 Å². The van der Waals surface area contributed by atoms with Crippen molar-refractivity contribution in [3.05, 3.63) is 63.1 Å². The van der Waals surface area contributed by atoms with Gasteiger partial charge in [0.25, 0.3) is 0 Å². The molecule has 1 unspecified atom stereocenters. The average molecular weight is 384 g/mol. The molecular weight excluding hydrogens is 368 g/mol. The van der Waals surface area contributed by atoms with Gasteiger partial charge in [0.15, 0.2) is 0 Å². The van der Waals surface area contributed by atoms with Crippen molar-refractivity contribution >= 4 is 50.4 Å². The van der Waals surface area contributed by atoms with Crippen LogP contribution in [-0.4, -0.2) is 12.0 Å². The van der Waals surface area contributed by atoms with Crippen molar-refractivity contribution in [3.63, 3.8) is 0 Å². The molecule has 0 fully saturated rings. The van der Waals surface area contributed by atoms with E-state index in [0.717, 1.165) is 26.3 Å². The molecule has 0 bridgehead atoms. The number of halogens is 2. The normalized spacial score (nSPS) is 12.0.